The second kappa shape index (κ2) is 7.97. The van der Waals surface area contributed by atoms with Crippen LogP contribution in [0.3, 0.4) is 0 Å². The van der Waals surface area contributed by atoms with Gasteiger partial charge in [-0.3, -0.25) is 4.79 Å². The van der Waals surface area contributed by atoms with Crippen LogP contribution >= 0.6 is 0 Å². The van der Waals surface area contributed by atoms with Gasteiger partial charge >= 0.3 is 5.97 Å². The highest BCUT2D eigenvalue weighted by atomic mass is 16.5. The van der Waals surface area contributed by atoms with Crippen LogP contribution in [0, 0.1) is 12.8 Å². The Bertz CT molecular complexity index is 504. The Hall–Kier alpha value is -1.84. The highest BCUT2D eigenvalue weighted by Gasteiger charge is 2.24. The molecule has 1 aliphatic carbocycles. The molecule has 1 fully saturated rings. The van der Waals surface area contributed by atoms with Gasteiger partial charge in [0.2, 0.25) is 5.91 Å². The van der Waals surface area contributed by atoms with Gasteiger partial charge in [-0.05, 0) is 31.2 Å². The average Bonchev–Trinajstić information content (AvgIpc) is 3.00. The molecule has 1 amide bonds. The lowest BCUT2D eigenvalue weighted by Crippen LogP contribution is -2.43. The maximum absolute atomic E-state index is 12.2. The first-order chi connectivity index (χ1) is 10.6. The highest BCUT2D eigenvalue weighted by molar-refractivity contribution is 5.84. The van der Waals surface area contributed by atoms with Crippen molar-refractivity contribution in [1.82, 2.24) is 5.32 Å². The molecule has 1 aliphatic rings. The standard InChI is InChI=1S/C18H25NO3/c1-13-7-9-15(10-8-13)11-16(18(21)22-2)19-17(20)12-14-5-3-4-6-14/h7-10,14,16H,3-6,11-12H2,1-2H3,(H,19,20)/t16-/m1/s1. The summed E-state index contributed by atoms with van der Waals surface area (Å²) >= 11 is 0. The number of esters is 1. The van der Waals surface area contributed by atoms with E-state index in [1.165, 1.54) is 25.5 Å². The number of hydrogen-bond acceptors (Lipinski definition) is 3. The fourth-order valence-electron chi connectivity index (χ4n) is 3.03. The maximum atomic E-state index is 12.2. The summed E-state index contributed by atoms with van der Waals surface area (Å²) in [6.07, 6.45) is 5.64. The zero-order valence-corrected chi connectivity index (χ0v) is 13.4. The van der Waals surface area contributed by atoms with Crippen molar-refractivity contribution in [2.45, 2.75) is 51.5 Å². The molecular formula is C18H25NO3. The molecule has 1 N–H and O–H groups in total. The summed E-state index contributed by atoms with van der Waals surface area (Å²) < 4.78 is 4.83. The number of aryl methyl sites for hydroxylation is 1. The Morgan fingerprint density at radius 2 is 1.86 bits per heavy atom. The summed E-state index contributed by atoms with van der Waals surface area (Å²) in [5.74, 6) is 0.0347. The largest absolute Gasteiger partial charge is 0.467 e. The first-order valence-corrected chi connectivity index (χ1v) is 8.01. The minimum atomic E-state index is -0.610. The number of ether oxygens (including phenoxy) is 1. The zero-order valence-electron chi connectivity index (χ0n) is 13.4. The van der Waals surface area contributed by atoms with E-state index in [9.17, 15) is 9.59 Å². The number of carbonyl (C=O) groups is 2. The second-order valence-corrected chi connectivity index (χ2v) is 6.19. The van der Waals surface area contributed by atoms with E-state index >= 15 is 0 Å². The van der Waals surface area contributed by atoms with Gasteiger partial charge in [0.25, 0.3) is 0 Å². The second-order valence-electron chi connectivity index (χ2n) is 6.19. The van der Waals surface area contributed by atoms with Crippen molar-refractivity contribution < 1.29 is 14.3 Å². The monoisotopic (exact) mass is 303 g/mol. The molecule has 2 rings (SSSR count). The molecule has 0 saturated heterocycles. The van der Waals surface area contributed by atoms with Crippen LogP contribution in [0.5, 0.6) is 0 Å². The van der Waals surface area contributed by atoms with E-state index in [0.29, 0.717) is 18.8 Å². The summed E-state index contributed by atoms with van der Waals surface area (Å²) in [5, 5.41) is 2.84. The molecule has 0 heterocycles. The van der Waals surface area contributed by atoms with Crippen LogP contribution in [-0.2, 0) is 20.7 Å². The molecule has 1 atom stereocenters. The van der Waals surface area contributed by atoms with Crippen molar-refractivity contribution in [2.75, 3.05) is 7.11 Å². The van der Waals surface area contributed by atoms with Crippen molar-refractivity contribution in [2.24, 2.45) is 5.92 Å². The summed E-state index contributed by atoms with van der Waals surface area (Å²) in [5.41, 5.74) is 2.19. The average molecular weight is 303 g/mol. The molecule has 0 aromatic heterocycles. The number of hydrogen-bond donors (Lipinski definition) is 1. The zero-order chi connectivity index (χ0) is 15.9. The van der Waals surface area contributed by atoms with Gasteiger partial charge in [-0.1, -0.05) is 42.7 Å². The van der Waals surface area contributed by atoms with E-state index < -0.39 is 6.04 Å². The van der Waals surface area contributed by atoms with Crippen molar-refractivity contribution >= 4 is 11.9 Å². The van der Waals surface area contributed by atoms with Gasteiger partial charge in [0, 0.05) is 12.8 Å². The molecule has 1 aromatic carbocycles. The molecule has 0 radical (unpaired) electrons. The third-order valence-electron chi connectivity index (χ3n) is 4.33. The van der Waals surface area contributed by atoms with Gasteiger partial charge in [-0.25, -0.2) is 4.79 Å². The van der Waals surface area contributed by atoms with Gasteiger partial charge in [0.1, 0.15) is 6.04 Å². The SMILES string of the molecule is COC(=O)[C@@H](Cc1ccc(C)cc1)NC(=O)CC1CCCC1. The first kappa shape index (κ1) is 16.5. The number of nitrogens with one attached hydrogen (secondary N) is 1. The van der Waals surface area contributed by atoms with E-state index in [1.54, 1.807) is 0 Å². The maximum Gasteiger partial charge on any atom is 0.328 e. The van der Waals surface area contributed by atoms with E-state index in [2.05, 4.69) is 5.32 Å². The summed E-state index contributed by atoms with van der Waals surface area (Å²) in [6, 6.07) is 7.36. The fourth-order valence-corrected chi connectivity index (χ4v) is 3.03. The Morgan fingerprint density at radius 1 is 1.23 bits per heavy atom. The van der Waals surface area contributed by atoms with E-state index in [0.717, 1.165) is 18.4 Å². The van der Waals surface area contributed by atoms with Gasteiger partial charge in [-0.2, -0.15) is 0 Å². The number of rotatable bonds is 6. The molecule has 0 bridgehead atoms. The highest BCUT2D eigenvalue weighted by Crippen LogP contribution is 2.27. The third-order valence-corrected chi connectivity index (χ3v) is 4.33. The van der Waals surface area contributed by atoms with Crippen LogP contribution in [0.4, 0.5) is 0 Å². The topological polar surface area (TPSA) is 55.4 Å². The normalized spacial score (nSPS) is 16.3. The Kier molecular flexibility index (Phi) is 5.99. The molecule has 0 spiro atoms. The van der Waals surface area contributed by atoms with E-state index in [1.807, 2.05) is 31.2 Å². The summed E-state index contributed by atoms with van der Waals surface area (Å²) in [4.78, 5) is 24.1. The van der Waals surface area contributed by atoms with Gasteiger partial charge < -0.3 is 10.1 Å². The lowest BCUT2D eigenvalue weighted by atomic mass is 10.0. The lowest BCUT2D eigenvalue weighted by molar-refractivity contribution is -0.145. The van der Waals surface area contributed by atoms with E-state index in [-0.39, 0.29) is 11.9 Å². The van der Waals surface area contributed by atoms with Crippen LogP contribution in [0.25, 0.3) is 0 Å². The van der Waals surface area contributed by atoms with Crippen molar-refractivity contribution in [3.63, 3.8) is 0 Å². The summed E-state index contributed by atoms with van der Waals surface area (Å²) in [6.45, 7) is 2.02. The van der Waals surface area contributed by atoms with Crippen LogP contribution in [0.15, 0.2) is 24.3 Å². The van der Waals surface area contributed by atoms with Crippen molar-refractivity contribution in [3.05, 3.63) is 35.4 Å². The van der Waals surface area contributed by atoms with Crippen LogP contribution in [0.1, 0.15) is 43.2 Å². The summed E-state index contributed by atoms with van der Waals surface area (Å²) in [7, 11) is 1.35. The van der Waals surface area contributed by atoms with Crippen LogP contribution < -0.4 is 5.32 Å². The van der Waals surface area contributed by atoms with Crippen molar-refractivity contribution in [3.8, 4) is 0 Å². The molecule has 0 unspecified atom stereocenters. The third kappa shape index (κ3) is 4.86. The Morgan fingerprint density at radius 3 is 2.45 bits per heavy atom. The molecule has 120 valence electrons. The predicted molar refractivity (Wildman–Crippen MR) is 85.4 cm³/mol. The quantitative estimate of drug-likeness (QED) is 0.822. The Balaban J connectivity index is 1.94. The van der Waals surface area contributed by atoms with Crippen LogP contribution in [0.2, 0.25) is 0 Å². The molecule has 0 aliphatic heterocycles. The van der Waals surface area contributed by atoms with Gasteiger partial charge in [-0.15, -0.1) is 0 Å². The minimum Gasteiger partial charge on any atom is -0.467 e. The first-order valence-electron chi connectivity index (χ1n) is 8.01. The molecule has 4 heteroatoms. The van der Waals surface area contributed by atoms with E-state index in [4.69, 9.17) is 4.74 Å². The molecule has 22 heavy (non-hydrogen) atoms. The molecule has 4 nitrogen and oxygen atoms in total. The predicted octanol–water partition coefficient (Wildman–Crippen LogP) is 2.78. The Labute approximate surface area is 132 Å². The van der Waals surface area contributed by atoms with Gasteiger partial charge in [0.15, 0.2) is 0 Å². The van der Waals surface area contributed by atoms with Crippen molar-refractivity contribution in [1.29, 1.82) is 0 Å². The number of benzene rings is 1. The van der Waals surface area contributed by atoms with Gasteiger partial charge in [0.05, 0.1) is 7.11 Å². The smallest absolute Gasteiger partial charge is 0.328 e. The molecule has 1 saturated carbocycles. The minimum absolute atomic E-state index is 0.0468. The molecule has 1 aromatic rings. The van der Waals surface area contributed by atoms with Crippen LogP contribution in [-0.4, -0.2) is 25.0 Å². The molecular weight excluding hydrogens is 278 g/mol. The fraction of sp³-hybridized carbons (Fsp3) is 0.556. The number of amides is 1. The number of carbonyl (C=O) groups excluding carboxylic acids is 2. The number of methoxy groups -OCH3 is 1. The lowest BCUT2D eigenvalue weighted by Gasteiger charge is -2.18.